The molecular formula is C49H48ClN11O5. The molecule has 10 rings (SSSR count). The predicted octanol–water partition coefficient (Wildman–Crippen LogP) is 6.34. The van der Waals surface area contributed by atoms with Crippen molar-refractivity contribution in [3.63, 3.8) is 0 Å². The van der Waals surface area contributed by atoms with Crippen LogP contribution in [-0.4, -0.2) is 90.0 Å². The third-order valence-corrected chi connectivity index (χ3v) is 13.5. The number of amides is 4. The summed E-state index contributed by atoms with van der Waals surface area (Å²) >= 11 is 6.76. The maximum Gasteiger partial charge on any atom is 0.278 e. The van der Waals surface area contributed by atoms with Gasteiger partial charge in [0, 0.05) is 96.7 Å². The first kappa shape index (κ1) is 42.8. The van der Waals surface area contributed by atoms with Crippen LogP contribution < -0.4 is 26.4 Å². The van der Waals surface area contributed by atoms with E-state index in [9.17, 15) is 24.0 Å². The Morgan fingerprint density at radius 3 is 2.47 bits per heavy atom. The number of pyridine rings is 1. The van der Waals surface area contributed by atoms with Gasteiger partial charge in [0.25, 0.3) is 17.4 Å². The van der Waals surface area contributed by atoms with Crippen LogP contribution in [0.1, 0.15) is 81.6 Å². The highest BCUT2D eigenvalue weighted by Gasteiger charge is 2.39. The zero-order valence-corrected chi connectivity index (χ0v) is 37.2. The van der Waals surface area contributed by atoms with Gasteiger partial charge >= 0.3 is 0 Å². The lowest BCUT2D eigenvalue weighted by Gasteiger charge is -2.36. The lowest BCUT2D eigenvalue weighted by atomic mass is 10.0. The number of nitrogens with one attached hydrogen (secondary N) is 3. The first-order valence-electron chi connectivity index (χ1n) is 22.4. The summed E-state index contributed by atoms with van der Waals surface area (Å²) in [6.07, 6.45) is 6.84. The second kappa shape index (κ2) is 17.7. The molecule has 2 unspecified atom stereocenters. The Morgan fingerprint density at radius 1 is 0.909 bits per heavy atom. The van der Waals surface area contributed by atoms with E-state index in [1.54, 1.807) is 52.0 Å². The molecule has 16 nitrogen and oxygen atoms in total. The SMILES string of the molecule is C=CCn1c(=O)c2cnc(Nc3ccc(N4CCN(Cc5ccc(C(=O)Nc6ccc7c(c6)CN(C6CCC(=O)NC6=O)C7=O)cc5Cl)CC4)cc3)nc2n1-c1ccc2c(n1)C(CC)CC2. The van der Waals surface area contributed by atoms with Crippen LogP contribution in [0.3, 0.4) is 0 Å². The number of carbonyl (C=O) groups is 4. The quantitative estimate of drug-likeness (QED) is 0.0923. The fourth-order valence-electron chi connectivity index (χ4n) is 9.61. The molecule has 17 heteroatoms. The Morgan fingerprint density at radius 2 is 1.71 bits per heavy atom. The van der Waals surface area contributed by atoms with E-state index in [2.05, 4.69) is 62.4 Å². The number of aromatic nitrogens is 5. The first-order valence-corrected chi connectivity index (χ1v) is 22.7. The highest BCUT2D eigenvalue weighted by Crippen LogP contribution is 2.35. The summed E-state index contributed by atoms with van der Waals surface area (Å²) < 4.78 is 3.39. The van der Waals surface area contributed by atoms with Crippen LogP contribution in [0.2, 0.25) is 5.02 Å². The van der Waals surface area contributed by atoms with Crippen LogP contribution in [0.4, 0.5) is 23.0 Å². The number of hydrogen-bond acceptors (Lipinski definition) is 11. The molecule has 6 aromatic rings. The van der Waals surface area contributed by atoms with Crippen LogP contribution in [-0.2, 0) is 35.6 Å². The number of allylic oxidation sites excluding steroid dienone is 1. The molecule has 2 saturated heterocycles. The molecule has 0 radical (unpaired) electrons. The molecule has 2 atom stereocenters. The number of benzene rings is 3. The van der Waals surface area contributed by atoms with E-state index in [1.807, 2.05) is 24.3 Å². The van der Waals surface area contributed by atoms with Crippen molar-refractivity contribution in [2.45, 2.75) is 70.6 Å². The van der Waals surface area contributed by atoms with Gasteiger partial charge in [-0.25, -0.2) is 19.3 Å². The van der Waals surface area contributed by atoms with Crippen LogP contribution in [0.5, 0.6) is 0 Å². The topological polar surface area (TPSA) is 180 Å². The average molecular weight is 906 g/mol. The number of piperazine rings is 1. The average Bonchev–Trinajstić information content (AvgIpc) is 3.97. The number of rotatable bonds is 12. The maximum absolute atomic E-state index is 13.5. The Labute approximate surface area is 385 Å². The van der Waals surface area contributed by atoms with Crippen molar-refractivity contribution >= 4 is 69.3 Å². The van der Waals surface area contributed by atoms with Crippen molar-refractivity contribution in [3.8, 4) is 5.82 Å². The number of nitrogens with zero attached hydrogens (tertiary/aromatic N) is 8. The van der Waals surface area contributed by atoms with Crippen LogP contribution in [0.15, 0.2) is 96.4 Å². The summed E-state index contributed by atoms with van der Waals surface area (Å²) in [5.74, 6) is 0.00348. The summed E-state index contributed by atoms with van der Waals surface area (Å²) in [4.78, 5) is 84.6. The predicted molar refractivity (Wildman–Crippen MR) is 252 cm³/mol. The van der Waals surface area contributed by atoms with Gasteiger partial charge in [0.1, 0.15) is 11.4 Å². The van der Waals surface area contributed by atoms with Gasteiger partial charge in [0.15, 0.2) is 11.5 Å². The normalized spacial score (nSPS) is 18.4. The Bertz CT molecular complexity index is 3010. The minimum Gasteiger partial charge on any atom is -0.369 e. The number of aryl methyl sites for hydroxylation is 1. The van der Waals surface area contributed by atoms with Crippen molar-refractivity contribution in [2.24, 2.45) is 0 Å². The second-order valence-corrected chi connectivity index (χ2v) is 17.7. The molecule has 66 heavy (non-hydrogen) atoms. The summed E-state index contributed by atoms with van der Waals surface area (Å²) in [7, 11) is 0. The van der Waals surface area contributed by atoms with Gasteiger partial charge in [-0.15, -0.1) is 6.58 Å². The van der Waals surface area contributed by atoms with E-state index < -0.39 is 11.9 Å². The van der Waals surface area contributed by atoms with Crippen LogP contribution in [0, 0.1) is 0 Å². The number of halogens is 1. The molecule has 4 aliphatic rings. The van der Waals surface area contributed by atoms with Crippen molar-refractivity contribution in [2.75, 3.05) is 41.7 Å². The Hall–Kier alpha value is -7.17. The molecule has 3 aromatic carbocycles. The smallest absolute Gasteiger partial charge is 0.278 e. The highest BCUT2D eigenvalue weighted by atomic mass is 35.5. The van der Waals surface area contributed by atoms with Crippen molar-refractivity contribution in [1.29, 1.82) is 0 Å². The highest BCUT2D eigenvalue weighted by molar-refractivity contribution is 6.31. The number of piperidine rings is 1. The molecule has 336 valence electrons. The fraction of sp³-hybridized carbons (Fsp3) is 0.306. The van der Waals surface area contributed by atoms with E-state index in [1.165, 1.54) is 10.5 Å². The van der Waals surface area contributed by atoms with Gasteiger partial charge in [-0.2, -0.15) is 4.98 Å². The minimum absolute atomic E-state index is 0.178. The lowest BCUT2D eigenvalue weighted by molar-refractivity contribution is -0.136. The summed E-state index contributed by atoms with van der Waals surface area (Å²) in [5.41, 5.74) is 7.56. The standard InChI is InChI=1S/C49H48ClN11O5/c1-3-19-60-48(66)38-26-51-49(56-44(38)61(60)41-17-9-30-6-5-29(4-2)43(30)54-41)53-34-10-13-36(14-11-34)58-22-20-57(21-23-58)27-32-8-7-31(25-39(32)50)45(63)52-35-12-15-37-33(24-35)28-59(47(37)65)40-16-18-42(62)55-46(40)64/h3,7-15,17,24-26,29,40H,1,4-6,16,18-23,27-28H2,2H3,(H,52,63)(H,51,53,56)(H,55,62,64). The number of imide groups is 1. The largest absolute Gasteiger partial charge is 0.369 e. The second-order valence-electron chi connectivity index (χ2n) is 17.2. The van der Waals surface area contributed by atoms with Gasteiger partial charge in [-0.1, -0.05) is 36.7 Å². The third kappa shape index (κ3) is 8.11. The number of fused-ring (bicyclic) bond motifs is 3. The summed E-state index contributed by atoms with van der Waals surface area (Å²) in [6.45, 7) is 10.5. The third-order valence-electron chi connectivity index (χ3n) is 13.2. The molecule has 0 bridgehead atoms. The molecule has 0 spiro atoms. The van der Waals surface area contributed by atoms with E-state index >= 15 is 0 Å². The number of hydrogen-bond donors (Lipinski definition) is 3. The van der Waals surface area contributed by atoms with Crippen LogP contribution >= 0.6 is 11.6 Å². The summed E-state index contributed by atoms with van der Waals surface area (Å²) in [5, 5.41) is 9.46. The van der Waals surface area contributed by atoms with Gasteiger partial charge in [-0.05, 0) is 103 Å². The van der Waals surface area contributed by atoms with Gasteiger partial charge in [0.2, 0.25) is 17.8 Å². The lowest BCUT2D eigenvalue weighted by Crippen LogP contribution is -2.52. The molecular weight excluding hydrogens is 858 g/mol. The van der Waals surface area contributed by atoms with Gasteiger partial charge in [0.05, 0.1) is 6.54 Å². The van der Waals surface area contributed by atoms with Crippen molar-refractivity contribution in [1.82, 2.24) is 39.4 Å². The van der Waals surface area contributed by atoms with Gasteiger partial charge < -0.3 is 20.4 Å². The summed E-state index contributed by atoms with van der Waals surface area (Å²) in [6, 6.07) is 21.9. The minimum atomic E-state index is -0.710. The van der Waals surface area contributed by atoms with Crippen LogP contribution in [0.25, 0.3) is 16.9 Å². The molecule has 3 aliphatic heterocycles. The molecule has 0 saturated carbocycles. The van der Waals surface area contributed by atoms with E-state index in [-0.39, 0.29) is 42.7 Å². The molecule has 3 N–H and O–H groups in total. The molecule has 2 fully saturated rings. The molecule has 6 heterocycles. The Balaban J connectivity index is 0.744. The van der Waals surface area contributed by atoms with E-state index in [4.69, 9.17) is 21.6 Å². The van der Waals surface area contributed by atoms with E-state index in [0.717, 1.165) is 68.1 Å². The van der Waals surface area contributed by atoms with Gasteiger partial charge in [-0.3, -0.25) is 34.2 Å². The fourth-order valence-corrected chi connectivity index (χ4v) is 9.85. The molecule has 4 amide bonds. The Kier molecular flexibility index (Phi) is 11.4. The molecule has 1 aliphatic carbocycles. The first-order chi connectivity index (χ1) is 32.0. The zero-order valence-electron chi connectivity index (χ0n) is 36.4. The number of carbonyl (C=O) groups excluding carboxylic acids is 4. The van der Waals surface area contributed by atoms with E-state index in [0.29, 0.717) is 69.2 Å². The van der Waals surface area contributed by atoms with Crippen molar-refractivity contribution < 1.29 is 19.2 Å². The monoisotopic (exact) mass is 905 g/mol. The zero-order chi connectivity index (χ0) is 45.6. The number of anilines is 4. The maximum atomic E-state index is 13.5. The van der Waals surface area contributed by atoms with Crippen molar-refractivity contribution in [3.05, 3.63) is 141 Å². The molecule has 3 aromatic heterocycles.